The minimum Gasteiger partial charge on any atom is -0.461 e. The minimum atomic E-state index is -0.742. The Kier molecular flexibility index (Phi) is 7.92. The summed E-state index contributed by atoms with van der Waals surface area (Å²) >= 11 is 5.60. The number of unbranched alkanes of at least 4 members (excludes halogenated alkanes) is 5. The maximum atomic E-state index is 5.82. The Morgan fingerprint density at radius 2 is 1.63 bits per heavy atom. The highest BCUT2D eigenvalue weighted by Crippen LogP contribution is 2.26. The molecule has 3 heteroatoms. The van der Waals surface area contributed by atoms with Gasteiger partial charge in [-0.15, -0.1) is 0 Å². The van der Waals surface area contributed by atoms with Gasteiger partial charge in [0, 0.05) is 13.3 Å². The highest BCUT2D eigenvalue weighted by atomic mass is 35.5. The summed E-state index contributed by atoms with van der Waals surface area (Å²) in [6.07, 6.45) is 8.26. The number of para-hydroxylation sites is 1. The molecule has 0 aliphatic rings. The molecule has 0 bridgehead atoms. The van der Waals surface area contributed by atoms with Crippen LogP contribution in [-0.2, 0) is 4.29 Å². The molecule has 0 aliphatic carbocycles. The zero-order chi connectivity index (χ0) is 14.0. The molecule has 1 atom stereocenters. The van der Waals surface area contributed by atoms with Gasteiger partial charge < -0.3 is 4.74 Å². The molecule has 0 fully saturated rings. The summed E-state index contributed by atoms with van der Waals surface area (Å²) in [5.74, 6) is 0.0462. The van der Waals surface area contributed by atoms with Crippen molar-refractivity contribution in [3.05, 3.63) is 30.3 Å². The van der Waals surface area contributed by atoms with E-state index in [-0.39, 0.29) is 0 Å². The van der Waals surface area contributed by atoms with E-state index in [0.717, 1.165) is 18.6 Å². The van der Waals surface area contributed by atoms with E-state index in [2.05, 4.69) is 6.92 Å². The van der Waals surface area contributed by atoms with Crippen molar-refractivity contribution in [2.75, 3.05) is 0 Å². The van der Waals surface area contributed by atoms with Gasteiger partial charge in [0.25, 0.3) is 0 Å². The number of halogens is 1. The molecule has 2 nitrogen and oxygen atoms in total. The lowest BCUT2D eigenvalue weighted by atomic mass is 10.1. The average molecular weight is 285 g/mol. The third-order valence-electron chi connectivity index (χ3n) is 3.22. The molecule has 19 heavy (non-hydrogen) atoms. The molecular formula is C16H25ClO2. The molecule has 1 aromatic rings. The van der Waals surface area contributed by atoms with E-state index in [1.807, 2.05) is 37.3 Å². The molecule has 0 saturated carbocycles. The summed E-state index contributed by atoms with van der Waals surface area (Å²) < 4.78 is 10.8. The predicted octanol–water partition coefficient (Wildman–Crippen LogP) is 5.70. The zero-order valence-electron chi connectivity index (χ0n) is 12.0. The lowest BCUT2D eigenvalue weighted by Gasteiger charge is -2.27. The molecule has 0 aromatic heterocycles. The smallest absolute Gasteiger partial charge is 0.226 e. The maximum Gasteiger partial charge on any atom is 0.226 e. The van der Waals surface area contributed by atoms with Crippen molar-refractivity contribution < 1.29 is 9.03 Å². The van der Waals surface area contributed by atoms with E-state index < -0.39 is 5.79 Å². The topological polar surface area (TPSA) is 18.5 Å². The molecule has 1 rings (SSSR count). The van der Waals surface area contributed by atoms with E-state index >= 15 is 0 Å². The van der Waals surface area contributed by atoms with Crippen molar-refractivity contribution in [3.63, 3.8) is 0 Å². The number of benzene rings is 1. The highest BCUT2D eigenvalue weighted by molar-refractivity contribution is 6.07. The molecule has 0 N–H and O–H groups in total. The van der Waals surface area contributed by atoms with Gasteiger partial charge in [-0.25, -0.2) is 4.29 Å². The molecule has 108 valence electrons. The monoisotopic (exact) mass is 284 g/mol. The summed E-state index contributed by atoms with van der Waals surface area (Å²) in [7, 11) is 0. The largest absolute Gasteiger partial charge is 0.461 e. The Balaban J connectivity index is 2.30. The standard InChI is InChI=1S/C16H25ClO2/c1-3-4-5-6-7-11-14-16(2,19-17)18-15-12-9-8-10-13-15/h8-10,12-13H,3-7,11,14H2,1-2H3. The van der Waals surface area contributed by atoms with Crippen molar-refractivity contribution in [1.29, 1.82) is 0 Å². The van der Waals surface area contributed by atoms with E-state index in [9.17, 15) is 0 Å². The molecule has 0 aliphatic heterocycles. The fourth-order valence-electron chi connectivity index (χ4n) is 2.07. The molecule has 0 radical (unpaired) electrons. The molecule has 1 aromatic carbocycles. The molecule has 0 saturated heterocycles. The van der Waals surface area contributed by atoms with Crippen LogP contribution >= 0.6 is 11.9 Å². The number of hydrogen-bond acceptors (Lipinski definition) is 2. The van der Waals surface area contributed by atoms with Crippen molar-refractivity contribution >= 4 is 11.9 Å². The summed E-state index contributed by atoms with van der Waals surface area (Å²) in [6, 6.07) is 9.66. The Hall–Kier alpha value is -0.730. The Morgan fingerprint density at radius 3 is 2.26 bits per heavy atom. The average Bonchev–Trinajstić information content (AvgIpc) is 2.44. The molecule has 1 unspecified atom stereocenters. The van der Waals surface area contributed by atoms with Crippen molar-refractivity contribution in [1.82, 2.24) is 0 Å². The van der Waals surface area contributed by atoms with Gasteiger partial charge in [0.2, 0.25) is 5.79 Å². The predicted molar refractivity (Wildman–Crippen MR) is 80.4 cm³/mol. The van der Waals surface area contributed by atoms with Gasteiger partial charge in [0.05, 0.1) is 11.9 Å². The lowest BCUT2D eigenvalue weighted by Crippen LogP contribution is -2.32. The second-order valence-electron chi connectivity index (χ2n) is 5.14. The van der Waals surface area contributed by atoms with Crippen LogP contribution in [0.2, 0.25) is 0 Å². The summed E-state index contributed by atoms with van der Waals surface area (Å²) in [5.41, 5.74) is 0. The molecule has 0 heterocycles. The van der Waals surface area contributed by atoms with Crippen LogP contribution in [0.3, 0.4) is 0 Å². The third kappa shape index (κ3) is 6.84. The summed E-state index contributed by atoms with van der Waals surface area (Å²) in [5, 5.41) is 0. The van der Waals surface area contributed by atoms with Gasteiger partial charge in [-0.2, -0.15) is 0 Å². The third-order valence-corrected chi connectivity index (χ3v) is 3.55. The molecule has 0 amide bonds. The van der Waals surface area contributed by atoms with E-state index in [1.54, 1.807) is 0 Å². The fraction of sp³-hybridized carbons (Fsp3) is 0.625. The normalized spacial score (nSPS) is 14.1. The van der Waals surface area contributed by atoms with Crippen molar-refractivity contribution in [2.24, 2.45) is 0 Å². The van der Waals surface area contributed by atoms with Crippen LogP contribution in [-0.4, -0.2) is 5.79 Å². The molecule has 0 spiro atoms. The van der Waals surface area contributed by atoms with Gasteiger partial charge in [-0.05, 0) is 18.6 Å². The van der Waals surface area contributed by atoms with Crippen LogP contribution in [0.25, 0.3) is 0 Å². The van der Waals surface area contributed by atoms with Gasteiger partial charge >= 0.3 is 0 Å². The lowest BCUT2D eigenvalue weighted by molar-refractivity contribution is -0.100. The maximum absolute atomic E-state index is 5.82. The van der Waals surface area contributed by atoms with Gasteiger partial charge in [0.1, 0.15) is 5.75 Å². The van der Waals surface area contributed by atoms with Gasteiger partial charge in [-0.3, -0.25) is 0 Å². The summed E-state index contributed by atoms with van der Waals surface area (Å²) in [6.45, 7) is 4.12. The van der Waals surface area contributed by atoms with E-state index in [4.69, 9.17) is 20.9 Å². The number of hydrogen-bond donors (Lipinski definition) is 0. The second kappa shape index (κ2) is 9.22. The van der Waals surface area contributed by atoms with Crippen molar-refractivity contribution in [2.45, 2.75) is 64.6 Å². The van der Waals surface area contributed by atoms with Crippen LogP contribution < -0.4 is 4.74 Å². The van der Waals surface area contributed by atoms with Crippen LogP contribution in [0.15, 0.2) is 30.3 Å². The first-order valence-electron chi connectivity index (χ1n) is 7.24. The van der Waals surface area contributed by atoms with E-state index in [1.165, 1.54) is 32.1 Å². The van der Waals surface area contributed by atoms with Crippen molar-refractivity contribution in [3.8, 4) is 5.75 Å². The first-order chi connectivity index (χ1) is 9.20. The Labute approximate surface area is 122 Å². The Morgan fingerprint density at radius 1 is 1.00 bits per heavy atom. The second-order valence-corrected chi connectivity index (χ2v) is 5.30. The number of rotatable bonds is 10. The first kappa shape index (κ1) is 16.3. The van der Waals surface area contributed by atoms with E-state index in [0.29, 0.717) is 0 Å². The first-order valence-corrected chi connectivity index (χ1v) is 7.55. The van der Waals surface area contributed by atoms with Gasteiger partial charge in [-0.1, -0.05) is 57.2 Å². The SMILES string of the molecule is CCCCCCCCC(C)(OCl)Oc1ccccc1. The number of ether oxygens (including phenoxy) is 1. The van der Waals surface area contributed by atoms with Crippen LogP contribution in [0, 0.1) is 0 Å². The van der Waals surface area contributed by atoms with Crippen LogP contribution in [0.5, 0.6) is 5.75 Å². The van der Waals surface area contributed by atoms with Crippen LogP contribution in [0.1, 0.15) is 58.8 Å². The zero-order valence-corrected chi connectivity index (χ0v) is 12.8. The fourth-order valence-corrected chi connectivity index (χ4v) is 2.18. The highest BCUT2D eigenvalue weighted by Gasteiger charge is 2.26. The summed E-state index contributed by atoms with van der Waals surface area (Å²) in [4.78, 5) is 0. The molecular weight excluding hydrogens is 260 g/mol. The van der Waals surface area contributed by atoms with Gasteiger partial charge in [0.15, 0.2) is 0 Å². The quantitative estimate of drug-likeness (QED) is 0.405. The van der Waals surface area contributed by atoms with Crippen LogP contribution in [0.4, 0.5) is 0 Å². The minimum absolute atomic E-state index is 0.742. The Bertz CT molecular complexity index is 329.